The maximum atomic E-state index is 12.5. The lowest BCUT2D eigenvalue weighted by Gasteiger charge is -2.20. The summed E-state index contributed by atoms with van der Waals surface area (Å²) in [5.41, 5.74) is 0. The van der Waals surface area contributed by atoms with Crippen molar-refractivity contribution in [2.45, 2.75) is 360 Å². The van der Waals surface area contributed by atoms with Crippen molar-refractivity contribution in [2.75, 3.05) is 6.61 Å². The molecule has 76 heavy (non-hydrogen) atoms. The zero-order valence-corrected chi connectivity index (χ0v) is 51.0. The van der Waals surface area contributed by atoms with Crippen LogP contribution in [0.25, 0.3) is 0 Å². The Bertz CT molecular complexity index is 1340. The van der Waals surface area contributed by atoms with Gasteiger partial charge >= 0.3 is 0 Å². The molecule has 2 atom stereocenters. The number of nitrogens with one attached hydrogen (secondary N) is 1. The minimum atomic E-state index is -0.843. The number of carbonyl (C=O) groups is 1. The Morgan fingerprint density at radius 3 is 0.868 bits per heavy atom. The Kier molecular flexibility index (Phi) is 64.7. The second-order valence-corrected chi connectivity index (χ2v) is 22.9. The lowest BCUT2D eigenvalue weighted by molar-refractivity contribution is -0.123. The van der Waals surface area contributed by atoms with E-state index in [2.05, 4.69) is 92.1 Å². The molecule has 0 aromatic heterocycles. The van der Waals surface area contributed by atoms with E-state index in [4.69, 9.17) is 0 Å². The summed E-state index contributed by atoms with van der Waals surface area (Å²) in [4.78, 5) is 12.5. The monoisotopic (exact) mass is 1060 g/mol. The molecule has 0 aliphatic carbocycles. The molecule has 442 valence electrons. The van der Waals surface area contributed by atoms with Crippen LogP contribution >= 0.6 is 0 Å². The van der Waals surface area contributed by atoms with Crippen LogP contribution in [0.4, 0.5) is 0 Å². The fourth-order valence-electron chi connectivity index (χ4n) is 10.3. The first kappa shape index (κ1) is 73.6. The van der Waals surface area contributed by atoms with Crippen molar-refractivity contribution in [2.24, 2.45) is 0 Å². The zero-order valence-electron chi connectivity index (χ0n) is 51.0. The Labute approximate surface area is 475 Å². The lowest BCUT2D eigenvalue weighted by atomic mass is 10.0. The normalized spacial score (nSPS) is 13.3. The van der Waals surface area contributed by atoms with Crippen LogP contribution in [0.5, 0.6) is 0 Å². The molecule has 0 spiro atoms. The van der Waals surface area contributed by atoms with Crippen molar-refractivity contribution in [3.63, 3.8) is 0 Å². The van der Waals surface area contributed by atoms with Gasteiger partial charge in [0.2, 0.25) is 5.91 Å². The van der Waals surface area contributed by atoms with E-state index in [0.29, 0.717) is 6.42 Å². The highest BCUT2D eigenvalue weighted by Gasteiger charge is 2.18. The Balaban J connectivity index is 3.47. The molecule has 0 radical (unpaired) electrons. The molecule has 0 saturated carbocycles. The van der Waals surface area contributed by atoms with Gasteiger partial charge in [-0.15, -0.1) is 0 Å². The van der Waals surface area contributed by atoms with Crippen molar-refractivity contribution >= 4 is 5.91 Å². The van der Waals surface area contributed by atoms with E-state index in [1.807, 2.05) is 6.08 Å². The van der Waals surface area contributed by atoms with Crippen LogP contribution in [-0.2, 0) is 4.79 Å². The first-order chi connectivity index (χ1) is 37.7. The molecular weight excluding hydrogens is 927 g/mol. The number of amides is 1. The van der Waals surface area contributed by atoms with E-state index in [-0.39, 0.29) is 12.5 Å². The van der Waals surface area contributed by atoms with Gasteiger partial charge < -0.3 is 15.5 Å². The van der Waals surface area contributed by atoms with Crippen LogP contribution in [-0.4, -0.2) is 34.9 Å². The first-order valence-electron chi connectivity index (χ1n) is 33.8. The number of hydrogen-bond acceptors (Lipinski definition) is 3. The molecule has 2 unspecified atom stereocenters. The summed E-state index contributed by atoms with van der Waals surface area (Å²) < 4.78 is 0. The Morgan fingerprint density at radius 2 is 0.579 bits per heavy atom. The molecule has 0 rings (SSSR count). The number of rotatable bonds is 62. The molecule has 3 N–H and O–H groups in total. The van der Waals surface area contributed by atoms with Crippen LogP contribution in [0, 0.1) is 0 Å². The highest BCUT2D eigenvalue weighted by atomic mass is 16.3. The van der Waals surface area contributed by atoms with E-state index in [9.17, 15) is 15.0 Å². The number of aliphatic hydroxyl groups is 2. The van der Waals surface area contributed by atoms with Gasteiger partial charge in [-0.05, 0) is 70.6 Å². The topological polar surface area (TPSA) is 69.6 Å². The average molecular weight is 1060 g/mol. The van der Waals surface area contributed by atoms with Crippen LogP contribution in [0.15, 0.2) is 85.1 Å². The molecule has 1 amide bonds. The number of allylic oxidation sites excluding steroid dienone is 13. The van der Waals surface area contributed by atoms with Gasteiger partial charge in [-0.1, -0.05) is 356 Å². The van der Waals surface area contributed by atoms with Gasteiger partial charge in [0.15, 0.2) is 0 Å². The minimum absolute atomic E-state index is 0.0601. The largest absolute Gasteiger partial charge is 0.394 e. The van der Waals surface area contributed by atoms with E-state index < -0.39 is 12.1 Å². The summed E-state index contributed by atoms with van der Waals surface area (Å²) in [6.45, 7) is 4.23. The molecule has 0 heterocycles. The second-order valence-electron chi connectivity index (χ2n) is 22.9. The standard InChI is InChI=1S/C72H131NO3/c1-3-5-7-9-11-13-15-17-19-21-23-25-27-29-31-32-33-34-35-36-37-38-39-40-42-44-46-48-50-52-54-56-58-60-62-64-66-68-72(76)73-70(69-74)71(75)67-65-63-61-59-57-55-53-51-49-47-45-43-41-30-28-26-24-22-20-18-16-14-12-10-8-6-4-2/h5,7,11,13,17,19,23,25,29,31,33-34,65,67,70-71,74-75H,3-4,6,8-10,12,14-16,18,20-22,24,26-28,30,32,35-64,66,68-69H2,1-2H3,(H,73,76)/b7-5-,13-11-,19-17-,25-23-,31-29-,34-33-,67-65+. The molecule has 0 aromatic rings. The number of carbonyl (C=O) groups excluding carboxylic acids is 1. The van der Waals surface area contributed by atoms with Gasteiger partial charge in [-0.25, -0.2) is 0 Å². The van der Waals surface area contributed by atoms with Crippen molar-refractivity contribution in [3.05, 3.63) is 85.1 Å². The number of aliphatic hydroxyl groups excluding tert-OH is 2. The fraction of sp³-hybridized carbons (Fsp3) is 0.792. The van der Waals surface area contributed by atoms with Crippen LogP contribution in [0.1, 0.15) is 348 Å². The van der Waals surface area contributed by atoms with Gasteiger partial charge in [-0.3, -0.25) is 4.79 Å². The molecule has 4 nitrogen and oxygen atoms in total. The fourth-order valence-corrected chi connectivity index (χ4v) is 10.3. The van der Waals surface area contributed by atoms with Crippen molar-refractivity contribution < 1.29 is 15.0 Å². The summed E-state index contributed by atoms with van der Waals surface area (Å²) in [5.74, 6) is -0.0601. The van der Waals surface area contributed by atoms with Gasteiger partial charge in [0.25, 0.3) is 0 Å². The maximum Gasteiger partial charge on any atom is 0.220 e. The second kappa shape index (κ2) is 66.8. The van der Waals surface area contributed by atoms with Crippen LogP contribution < -0.4 is 5.32 Å². The SMILES string of the molecule is CC/C=C\C/C=C\C/C=C\C/C=C\C/C=C\C/C=C\CCCCCCCCCCCCCCCCCCCCC(=O)NC(CO)C(O)/C=C/CCCCCCCCCCCCCCCCCCCCCCCCCCC. The highest BCUT2D eigenvalue weighted by molar-refractivity contribution is 5.76. The Morgan fingerprint density at radius 1 is 0.329 bits per heavy atom. The molecule has 0 aromatic carbocycles. The number of hydrogen-bond donors (Lipinski definition) is 3. The summed E-state index contributed by atoms with van der Waals surface area (Å²) in [7, 11) is 0. The van der Waals surface area contributed by atoms with E-state index in [1.54, 1.807) is 6.08 Å². The third kappa shape index (κ3) is 62.4. The molecule has 0 bridgehead atoms. The maximum absolute atomic E-state index is 12.5. The van der Waals surface area contributed by atoms with Gasteiger partial charge in [0.05, 0.1) is 18.8 Å². The summed E-state index contributed by atoms with van der Waals surface area (Å²) in [6.07, 6.45) is 98.0. The smallest absolute Gasteiger partial charge is 0.220 e. The van der Waals surface area contributed by atoms with E-state index in [1.165, 1.54) is 263 Å². The third-order valence-corrected chi connectivity index (χ3v) is 15.4. The minimum Gasteiger partial charge on any atom is -0.394 e. The lowest BCUT2D eigenvalue weighted by Crippen LogP contribution is -2.45. The molecule has 4 heteroatoms. The molecular formula is C72H131NO3. The van der Waals surface area contributed by atoms with Crippen LogP contribution in [0.2, 0.25) is 0 Å². The predicted octanol–water partition coefficient (Wildman–Crippen LogP) is 23.0. The first-order valence-corrected chi connectivity index (χ1v) is 33.8. The molecule has 0 aliphatic rings. The van der Waals surface area contributed by atoms with Gasteiger partial charge in [0, 0.05) is 6.42 Å². The predicted molar refractivity (Wildman–Crippen MR) is 340 cm³/mol. The number of unbranched alkanes of at least 4 members (excludes halogenated alkanes) is 43. The summed E-state index contributed by atoms with van der Waals surface area (Å²) in [6, 6.07) is -0.626. The van der Waals surface area contributed by atoms with E-state index in [0.717, 1.165) is 64.2 Å². The molecule has 0 aliphatic heterocycles. The third-order valence-electron chi connectivity index (χ3n) is 15.4. The van der Waals surface area contributed by atoms with Crippen LogP contribution in [0.3, 0.4) is 0 Å². The zero-order chi connectivity index (χ0) is 54.8. The summed E-state index contributed by atoms with van der Waals surface area (Å²) >= 11 is 0. The van der Waals surface area contributed by atoms with Crippen molar-refractivity contribution in [3.8, 4) is 0 Å². The van der Waals surface area contributed by atoms with Crippen molar-refractivity contribution in [1.29, 1.82) is 0 Å². The highest BCUT2D eigenvalue weighted by Crippen LogP contribution is 2.18. The summed E-state index contributed by atoms with van der Waals surface area (Å²) in [5, 5.41) is 23.3. The quantitative estimate of drug-likeness (QED) is 0.0420. The van der Waals surface area contributed by atoms with Gasteiger partial charge in [-0.2, -0.15) is 0 Å². The Hall–Kier alpha value is -2.43. The molecule has 0 saturated heterocycles. The van der Waals surface area contributed by atoms with Gasteiger partial charge in [0.1, 0.15) is 0 Å². The van der Waals surface area contributed by atoms with E-state index >= 15 is 0 Å². The van der Waals surface area contributed by atoms with Crippen molar-refractivity contribution in [1.82, 2.24) is 5.32 Å². The molecule has 0 fully saturated rings. The average Bonchev–Trinajstić information content (AvgIpc) is 3.42.